The number of para-hydroxylation sites is 1. The van der Waals surface area contributed by atoms with Crippen LogP contribution in [0, 0.1) is 6.92 Å². The van der Waals surface area contributed by atoms with E-state index in [1.165, 1.54) is 0 Å². The van der Waals surface area contributed by atoms with E-state index in [-0.39, 0.29) is 29.9 Å². The van der Waals surface area contributed by atoms with Crippen molar-refractivity contribution in [1.29, 1.82) is 0 Å². The topological polar surface area (TPSA) is 132 Å². The Bertz CT molecular complexity index is 1240. The molecule has 3 aromatic rings. The maximum absolute atomic E-state index is 13.0. The highest BCUT2D eigenvalue weighted by atomic mass is 16.5. The Morgan fingerprint density at radius 2 is 1.89 bits per heavy atom. The van der Waals surface area contributed by atoms with Crippen molar-refractivity contribution in [3.05, 3.63) is 77.6 Å². The zero-order valence-electron chi connectivity index (χ0n) is 20.9. The van der Waals surface area contributed by atoms with Crippen molar-refractivity contribution >= 4 is 17.7 Å². The Balaban J connectivity index is 1.31. The second kappa shape index (κ2) is 12.2. The Labute approximate surface area is 215 Å². The predicted octanol–water partition coefficient (Wildman–Crippen LogP) is 2.29. The number of primary amides is 1. The van der Waals surface area contributed by atoms with Crippen molar-refractivity contribution in [3.8, 4) is 5.75 Å². The van der Waals surface area contributed by atoms with Crippen LogP contribution in [0.3, 0.4) is 0 Å². The van der Waals surface area contributed by atoms with Gasteiger partial charge in [-0.1, -0.05) is 12.1 Å². The number of nitrogens with two attached hydrogens (primary N) is 1. The van der Waals surface area contributed by atoms with Gasteiger partial charge in [0.1, 0.15) is 5.75 Å². The van der Waals surface area contributed by atoms with Gasteiger partial charge in [-0.25, -0.2) is 4.98 Å². The molecule has 0 bridgehead atoms. The smallest absolute Gasteiger partial charge is 0.260 e. The SMILES string of the molecule is Cc1ccc(C(=O)NCCCn2ccnc2)c(C2CCN(C(=O)COc3ccccc3C(N)=O)CC2)n1. The fourth-order valence-corrected chi connectivity index (χ4v) is 4.49. The van der Waals surface area contributed by atoms with Crippen LogP contribution in [0.25, 0.3) is 0 Å². The summed E-state index contributed by atoms with van der Waals surface area (Å²) in [7, 11) is 0. The second-order valence-corrected chi connectivity index (χ2v) is 9.10. The number of nitrogens with one attached hydrogen (secondary N) is 1. The summed E-state index contributed by atoms with van der Waals surface area (Å²) in [5.41, 5.74) is 7.85. The molecule has 10 heteroatoms. The molecule has 0 saturated carbocycles. The molecule has 3 heterocycles. The average molecular weight is 505 g/mol. The molecule has 3 amide bonds. The van der Waals surface area contributed by atoms with Gasteiger partial charge in [0.15, 0.2) is 6.61 Å². The number of pyridine rings is 1. The normalized spacial score (nSPS) is 13.8. The Morgan fingerprint density at radius 1 is 1.11 bits per heavy atom. The number of amides is 3. The summed E-state index contributed by atoms with van der Waals surface area (Å²) in [4.78, 5) is 47.8. The lowest BCUT2D eigenvalue weighted by Crippen LogP contribution is -2.41. The summed E-state index contributed by atoms with van der Waals surface area (Å²) in [6, 6.07) is 10.3. The van der Waals surface area contributed by atoms with Crippen molar-refractivity contribution in [2.24, 2.45) is 5.73 Å². The predicted molar refractivity (Wildman–Crippen MR) is 137 cm³/mol. The number of ether oxygens (including phenoxy) is 1. The van der Waals surface area contributed by atoms with E-state index < -0.39 is 5.91 Å². The number of nitrogens with zero attached hydrogens (tertiary/aromatic N) is 4. The third-order valence-electron chi connectivity index (χ3n) is 6.48. The molecule has 1 aliphatic heterocycles. The molecule has 0 spiro atoms. The van der Waals surface area contributed by atoms with Gasteiger partial charge in [0.25, 0.3) is 17.7 Å². The highest BCUT2D eigenvalue weighted by Crippen LogP contribution is 2.29. The molecule has 10 nitrogen and oxygen atoms in total. The largest absolute Gasteiger partial charge is 0.483 e. The maximum atomic E-state index is 13.0. The third kappa shape index (κ3) is 6.72. The van der Waals surface area contributed by atoms with E-state index in [2.05, 4.69) is 10.3 Å². The van der Waals surface area contributed by atoms with Crippen LogP contribution in [0.15, 0.2) is 55.1 Å². The molecule has 37 heavy (non-hydrogen) atoms. The van der Waals surface area contributed by atoms with Gasteiger partial charge < -0.3 is 25.3 Å². The van der Waals surface area contributed by atoms with Crippen molar-refractivity contribution in [1.82, 2.24) is 24.8 Å². The van der Waals surface area contributed by atoms with Gasteiger partial charge in [-0.05, 0) is 50.5 Å². The number of hydrogen-bond donors (Lipinski definition) is 2. The monoisotopic (exact) mass is 504 g/mol. The molecule has 0 radical (unpaired) electrons. The molecule has 1 aromatic carbocycles. The number of carbonyl (C=O) groups is 3. The van der Waals surface area contributed by atoms with Gasteiger partial charge in [0.2, 0.25) is 0 Å². The summed E-state index contributed by atoms with van der Waals surface area (Å²) in [5, 5.41) is 3.01. The van der Waals surface area contributed by atoms with Crippen molar-refractivity contribution in [3.63, 3.8) is 0 Å². The van der Waals surface area contributed by atoms with E-state index in [0.717, 1.165) is 24.4 Å². The van der Waals surface area contributed by atoms with Crippen LogP contribution in [-0.4, -0.2) is 63.4 Å². The fourth-order valence-electron chi connectivity index (χ4n) is 4.49. The minimum Gasteiger partial charge on any atom is -0.483 e. The lowest BCUT2D eigenvalue weighted by atomic mass is 9.89. The first-order valence-electron chi connectivity index (χ1n) is 12.4. The van der Waals surface area contributed by atoms with E-state index in [1.54, 1.807) is 41.7 Å². The Morgan fingerprint density at radius 3 is 2.62 bits per heavy atom. The lowest BCUT2D eigenvalue weighted by molar-refractivity contribution is -0.134. The molecule has 1 aliphatic rings. The highest BCUT2D eigenvalue weighted by molar-refractivity contribution is 5.96. The zero-order valence-corrected chi connectivity index (χ0v) is 20.9. The minimum atomic E-state index is -0.604. The standard InChI is InChI=1S/C27H32N6O4/c1-19-7-8-22(27(36)30-11-4-13-32-16-12-29-18-32)25(31-19)20-9-14-33(15-10-20)24(34)17-37-23-6-3-2-5-21(23)26(28)35/h2-3,5-8,12,16,18,20H,4,9-11,13-15,17H2,1H3,(H2,28,35)(H,30,36). The molecule has 1 saturated heterocycles. The molecular weight excluding hydrogens is 472 g/mol. The van der Waals surface area contributed by atoms with Crippen molar-refractivity contribution in [2.75, 3.05) is 26.2 Å². The number of rotatable bonds is 10. The number of carbonyl (C=O) groups excluding carboxylic acids is 3. The quantitative estimate of drug-likeness (QED) is 0.407. The van der Waals surface area contributed by atoms with E-state index in [1.807, 2.05) is 29.8 Å². The van der Waals surface area contributed by atoms with E-state index >= 15 is 0 Å². The number of hydrogen-bond acceptors (Lipinski definition) is 6. The summed E-state index contributed by atoms with van der Waals surface area (Å²) in [6.07, 6.45) is 7.57. The van der Waals surface area contributed by atoms with Crippen LogP contribution < -0.4 is 15.8 Å². The van der Waals surface area contributed by atoms with E-state index in [9.17, 15) is 14.4 Å². The van der Waals surface area contributed by atoms with Crippen LogP contribution in [0.1, 0.15) is 57.3 Å². The van der Waals surface area contributed by atoms with Crippen LogP contribution in [0.5, 0.6) is 5.75 Å². The van der Waals surface area contributed by atoms with Gasteiger partial charge in [-0.15, -0.1) is 0 Å². The third-order valence-corrected chi connectivity index (χ3v) is 6.48. The summed E-state index contributed by atoms with van der Waals surface area (Å²) in [5.74, 6) is -0.526. The maximum Gasteiger partial charge on any atom is 0.260 e. The summed E-state index contributed by atoms with van der Waals surface area (Å²) in [6.45, 7) is 4.14. The number of imidazole rings is 1. The zero-order chi connectivity index (χ0) is 26.2. The molecule has 194 valence electrons. The molecule has 3 N–H and O–H groups in total. The van der Waals surface area contributed by atoms with Crippen LogP contribution >= 0.6 is 0 Å². The number of benzene rings is 1. The van der Waals surface area contributed by atoms with Crippen molar-refractivity contribution in [2.45, 2.75) is 38.6 Å². The second-order valence-electron chi connectivity index (χ2n) is 9.10. The summed E-state index contributed by atoms with van der Waals surface area (Å²) < 4.78 is 7.57. The van der Waals surface area contributed by atoms with Gasteiger partial charge in [0, 0.05) is 50.2 Å². The first-order valence-corrected chi connectivity index (χ1v) is 12.4. The molecule has 0 atom stereocenters. The highest BCUT2D eigenvalue weighted by Gasteiger charge is 2.28. The van der Waals surface area contributed by atoms with Gasteiger partial charge in [0.05, 0.1) is 23.1 Å². The number of aryl methyl sites for hydroxylation is 2. The minimum absolute atomic E-state index is 0.0761. The molecule has 0 aliphatic carbocycles. The van der Waals surface area contributed by atoms with Gasteiger partial charge in [-0.3, -0.25) is 19.4 Å². The van der Waals surface area contributed by atoms with Crippen LogP contribution in [-0.2, 0) is 11.3 Å². The Kier molecular flexibility index (Phi) is 8.50. The Hall–Kier alpha value is -4.21. The molecule has 0 unspecified atom stereocenters. The van der Waals surface area contributed by atoms with Crippen LogP contribution in [0.4, 0.5) is 0 Å². The molecule has 4 rings (SSSR count). The molecule has 1 fully saturated rings. The first-order chi connectivity index (χ1) is 17.9. The van der Waals surface area contributed by atoms with E-state index in [4.69, 9.17) is 15.5 Å². The lowest BCUT2D eigenvalue weighted by Gasteiger charge is -2.32. The van der Waals surface area contributed by atoms with E-state index in [0.29, 0.717) is 43.8 Å². The number of piperidine rings is 1. The van der Waals surface area contributed by atoms with Gasteiger partial charge >= 0.3 is 0 Å². The van der Waals surface area contributed by atoms with Crippen molar-refractivity contribution < 1.29 is 19.1 Å². The average Bonchev–Trinajstić information content (AvgIpc) is 3.43. The first kappa shape index (κ1) is 25.9. The molecule has 2 aromatic heterocycles. The van der Waals surface area contributed by atoms with Gasteiger partial charge in [-0.2, -0.15) is 0 Å². The fraction of sp³-hybridized carbons (Fsp3) is 0.370. The summed E-state index contributed by atoms with van der Waals surface area (Å²) >= 11 is 0. The number of likely N-dealkylation sites (tertiary alicyclic amines) is 1. The number of aromatic nitrogens is 3. The molecular formula is C27H32N6O4. The van der Waals surface area contributed by atoms with Crippen LogP contribution in [0.2, 0.25) is 0 Å².